The minimum atomic E-state index is -1.05. The van der Waals surface area contributed by atoms with E-state index in [4.69, 9.17) is 0 Å². The highest BCUT2D eigenvalue weighted by Gasteiger charge is 2.26. The highest BCUT2D eigenvalue weighted by Crippen LogP contribution is 2.20. The topological polar surface area (TPSA) is 32.3 Å². The van der Waals surface area contributed by atoms with Gasteiger partial charge in [0.05, 0.1) is 5.56 Å². The van der Waals surface area contributed by atoms with Crippen LogP contribution in [0.2, 0.25) is 0 Å². The second-order valence-electron chi connectivity index (χ2n) is 4.92. The Kier molecular flexibility index (Phi) is 6.36. The lowest BCUT2D eigenvalue weighted by molar-refractivity contribution is 0.0668. The molecule has 0 aliphatic carbocycles. The largest absolute Gasteiger partial charge is 0.338 e. The normalized spacial score (nSPS) is 18.6. The van der Waals surface area contributed by atoms with E-state index in [-0.39, 0.29) is 18.0 Å². The Morgan fingerprint density at radius 1 is 1.45 bits per heavy atom. The molecule has 3 nitrogen and oxygen atoms in total. The summed E-state index contributed by atoms with van der Waals surface area (Å²) >= 11 is 0. The molecule has 2 rings (SSSR count). The number of nitrogens with zero attached hydrogens (tertiary/aromatic N) is 1. The maximum absolute atomic E-state index is 13.6. The zero-order valence-corrected chi connectivity index (χ0v) is 12.2. The summed E-state index contributed by atoms with van der Waals surface area (Å²) in [5, 5.41) is 3.09. The number of nitrogens with one attached hydrogen (secondary N) is 1. The number of hydrogen-bond donors (Lipinski definition) is 1. The predicted molar refractivity (Wildman–Crippen MR) is 76.2 cm³/mol. The average molecular weight is 305 g/mol. The van der Waals surface area contributed by atoms with Crippen molar-refractivity contribution < 1.29 is 13.6 Å². The molecule has 1 aliphatic heterocycles. The molecule has 112 valence electrons. The van der Waals surface area contributed by atoms with Gasteiger partial charge in [0.1, 0.15) is 0 Å². The highest BCUT2D eigenvalue weighted by atomic mass is 35.5. The molecule has 1 unspecified atom stereocenters. The summed E-state index contributed by atoms with van der Waals surface area (Å²) in [6.07, 6.45) is 1.95. The number of rotatable bonds is 3. The Morgan fingerprint density at radius 2 is 2.20 bits per heavy atom. The van der Waals surface area contributed by atoms with Crippen molar-refractivity contribution in [1.29, 1.82) is 0 Å². The molecule has 1 amide bonds. The lowest BCUT2D eigenvalue weighted by Crippen LogP contribution is -2.42. The Morgan fingerprint density at radius 3 is 2.90 bits per heavy atom. The van der Waals surface area contributed by atoms with E-state index in [0.29, 0.717) is 19.0 Å². The summed E-state index contributed by atoms with van der Waals surface area (Å²) in [6.45, 7) is 2.03. The van der Waals surface area contributed by atoms with Crippen LogP contribution in [0.1, 0.15) is 23.2 Å². The third-order valence-electron chi connectivity index (χ3n) is 3.48. The second-order valence-corrected chi connectivity index (χ2v) is 4.92. The fourth-order valence-corrected chi connectivity index (χ4v) is 2.54. The van der Waals surface area contributed by atoms with Crippen molar-refractivity contribution in [2.24, 2.45) is 5.92 Å². The standard InChI is InChI=1S/C14H18F2N2O.ClH/c1-17-8-10-4-3-7-18(9-10)14(19)11-5-2-6-12(15)13(11)16;/h2,5-6,10,17H,3-4,7-9H2,1H3;1H. The van der Waals surface area contributed by atoms with Crippen molar-refractivity contribution in [3.8, 4) is 0 Å². The second kappa shape index (κ2) is 7.55. The number of piperidine rings is 1. The zero-order valence-electron chi connectivity index (χ0n) is 11.4. The molecule has 0 radical (unpaired) electrons. The van der Waals surface area contributed by atoms with Gasteiger partial charge in [-0.25, -0.2) is 8.78 Å². The number of carbonyl (C=O) groups is 1. The minimum Gasteiger partial charge on any atom is -0.338 e. The molecule has 1 fully saturated rings. The Balaban J connectivity index is 0.00000200. The molecule has 0 saturated carbocycles. The number of benzene rings is 1. The summed E-state index contributed by atoms with van der Waals surface area (Å²) in [5.41, 5.74) is -0.176. The summed E-state index contributed by atoms with van der Waals surface area (Å²) in [5.74, 6) is -2.07. The SMILES string of the molecule is CNCC1CCCN(C(=O)c2cccc(F)c2F)C1.Cl. The van der Waals surface area contributed by atoms with Crippen LogP contribution in [0.15, 0.2) is 18.2 Å². The van der Waals surface area contributed by atoms with Crippen molar-refractivity contribution in [3.63, 3.8) is 0 Å². The fraction of sp³-hybridized carbons (Fsp3) is 0.500. The molecule has 1 heterocycles. The van der Waals surface area contributed by atoms with Crippen LogP contribution in [0.25, 0.3) is 0 Å². The molecule has 0 bridgehead atoms. The monoisotopic (exact) mass is 304 g/mol. The van der Waals surface area contributed by atoms with Gasteiger partial charge in [0.25, 0.3) is 5.91 Å². The van der Waals surface area contributed by atoms with E-state index >= 15 is 0 Å². The van der Waals surface area contributed by atoms with Crippen LogP contribution in [0.4, 0.5) is 8.78 Å². The Bertz CT molecular complexity index is 468. The summed E-state index contributed by atoms with van der Waals surface area (Å²) < 4.78 is 26.8. The molecule has 6 heteroatoms. The molecule has 1 saturated heterocycles. The van der Waals surface area contributed by atoms with Crippen molar-refractivity contribution in [2.75, 3.05) is 26.7 Å². The van der Waals surface area contributed by atoms with Crippen molar-refractivity contribution in [2.45, 2.75) is 12.8 Å². The van der Waals surface area contributed by atoms with Crippen molar-refractivity contribution >= 4 is 18.3 Å². The minimum absolute atomic E-state index is 0. The van der Waals surface area contributed by atoms with E-state index < -0.39 is 17.5 Å². The van der Waals surface area contributed by atoms with Crippen molar-refractivity contribution in [3.05, 3.63) is 35.4 Å². The third-order valence-corrected chi connectivity index (χ3v) is 3.48. The first-order chi connectivity index (χ1) is 9.13. The van der Waals surface area contributed by atoms with Crippen LogP contribution in [0, 0.1) is 17.6 Å². The van der Waals surface area contributed by atoms with Gasteiger partial charge in [-0.2, -0.15) is 0 Å². The quantitative estimate of drug-likeness (QED) is 0.930. The van der Waals surface area contributed by atoms with Gasteiger partial charge >= 0.3 is 0 Å². The zero-order chi connectivity index (χ0) is 13.8. The number of carbonyl (C=O) groups excluding carboxylic acids is 1. The van der Waals surface area contributed by atoms with Crippen LogP contribution in [-0.4, -0.2) is 37.5 Å². The van der Waals surface area contributed by atoms with Gasteiger partial charge in [-0.3, -0.25) is 4.79 Å². The fourth-order valence-electron chi connectivity index (χ4n) is 2.54. The van der Waals surface area contributed by atoms with Gasteiger partial charge in [-0.1, -0.05) is 6.07 Å². The number of hydrogen-bond acceptors (Lipinski definition) is 2. The lowest BCUT2D eigenvalue weighted by Gasteiger charge is -2.32. The number of halogens is 3. The average Bonchev–Trinajstić information content (AvgIpc) is 2.42. The van der Waals surface area contributed by atoms with E-state index in [1.807, 2.05) is 7.05 Å². The first-order valence-electron chi connectivity index (χ1n) is 6.51. The smallest absolute Gasteiger partial charge is 0.256 e. The van der Waals surface area contributed by atoms with Crippen LogP contribution >= 0.6 is 12.4 Å². The Hall–Kier alpha value is -1.20. The highest BCUT2D eigenvalue weighted by molar-refractivity contribution is 5.94. The molecule has 1 aromatic carbocycles. The summed E-state index contributed by atoms with van der Waals surface area (Å²) in [6, 6.07) is 3.72. The van der Waals surface area contributed by atoms with Crippen LogP contribution in [0.3, 0.4) is 0 Å². The van der Waals surface area contributed by atoms with Gasteiger partial charge in [0.15, 0.2) is 11.6 Å². The van der Waals surface area contributed by atoms with Crippen LogP contribution < -0.4 is 5.32 Å². The molecule has 20 heavy (non-hydrogen) atoms. The maximum atomic E-state index is 13.6. The van der Waals surface area contributed by atoms with E-state index in [9.17, 15) is 13.6 Å². The first-order valence-corrected chi connectivity index (χ1v) is 6.51. The molecule has 1 N–H and O–H groups in total. The molecule has 1 aliphatic rings. The molecule has 0 aromatic heterocycles. The first kappa shape index (κ1) is 16.9. The third kappa shape index (κ3) is 3.67. The van der Waals surface area contributed by atoms with Crippen LogP contribution in [0.5, 0.6) is 0 Å². The number of amides is 1. The Labute approximate surface area is 123 Å². The van der Waals surface area contributed by atoms with E-state index in [1.165, 1.54) is 12.1 Å². The van der Waals surface area contributed by atoms with E-state index in [0.717, 1.165) is 25.5 Å². The summed E-state index contributed by atoms with van der Waals surface area (Å²) in [7, 11) is 1.87. The van der Waals surface area contributed by atoms with Gasteiger partial charge < -0.3 is 10.2 Å². The molecular weight excluding hydrogens is 286 g/mol. The molecule has 1 aromatic rings. The maximum Gasteiger partial charge on any atom is 0.256 e. The van der Waals surface area contributed by atoms with Gasteiger partial charge in [-0.05, 0) is 44.5 Å². The van der Waals surface area contributed by atoms with Gasteiger partial charge in [0.2, 0.25) is 0 Å². The molecular formula is C14H19ClF2N2O. The van der Waals surface area contributed by atoms with E-state index in [1.54, 1.807) is 4.90 Å². The summed E-state index contributed by atoms with van der Waals surface area (Å²) in [4.78, 5) is 13.8. The van der Waals surface area contributed by atoms with Crippen LogP contribution in [-0.2, 0) is 0 Å². The van der Waals surface area contributed by atoms with Gasteiger partial charge in [-0.15, -0.1) is 12.4 Å². The number of likely N-dealkylation sites (tertiary alicyclic amines) is 1. The predicted octanol–water partition coefficient (Wildman–Crippen LogP) is 2.46. The van der Waals surface area contributed by atoms with E-state index in [2.05, 4.69) is 5.32 Å². The molecule has 0 spiro atoms. The molecule has 1 atom stereocenters. The lowest BCUT2D eigenvalue weighted by atomic mass is 9.97. The van der Waals surface area contributed by atoms with Crippen molar-refractivity contribution in [1.82, 2.24) is 10.2 Å². The van der Waals surface area contributed by atoms with Gasteiger partial charge in [0, 0.05) is 13.1 Å².